The average Bonchev–Trinajstić information content (AvgIpc) is 2.75. The van der Waals surface area contributed by atoms with E-state index in [9.17, 15) is 39.6 Å². The van der Waals surface area contributed by atoms with Crippen molar-refractivity contribution in [2.24, 2.45) is 17.6 Å². The van der Waals surface area contributed by atoms with Gasteiger partial charge in [-0.25, -0.2) is 0 Å². The van der Waals surface area contributed by atoms with Crippen molar-refractivity contribution >= 4 is 35.2 Å². The first kappa shape index (κ1) is 23.2. The van der Waals surface area contributed by atoms with Gasteiger partial charge in [-0.2, -0.15) is 0 Å². The van der Waals surface area contributed by atoms with E-state index in [0.717, 1.165) is 0 Å². The summed E-state index contributed by atoms with van der Waals surface area (Å²) in [6.07, 6.45) is 2.70. The molecule has 0 aromatic heterocycles. The first-order valence-corrected chi connectivity index (χ1v) is 10.6. The van der Waals surface area contributed by atoms with Crippen LogP contribution in [0.25, 0.3) is 11.8 Å². The Kier molecular flexibility index (Phi) is 5.36. The molecule has 34 heavy (non-hydrogen) atoms. The minimum Gasteiger partial charge on any atom is -0.508 e. The summed E-state index contributed by atoms with van der Waals surface area (Å²) < 4.78 is 0. The van der Waals surface area contributed by atoms with Crippen molar-refractivity contribution in [3.05, 3.63) is 51.8 Å². The number of rotatable bonds is 3. The first-order chi connectivity index (χ1) is 15.9. The number of amides is 2. The van der Waals surface area contributed by atoms with Crippen LogP contribution in [0.4, 0.5) is 0 Å². The molecule has 1 fully saturated rings. The number of aliphatic hydroxyl groups is 3. The first-order valence-electron chi connectivity index (χ1n) is 10.6. The van der Waals surface area contributed by atoms with Crippen LogP contribution in [0.15, 0.2) is 35.1 Å². The van der Waals surface area contributed by atoms with Crippen LogP contribution in [-0.2, 0) is 25.6 Å². The van der Waals surface area contributed by atoms with Gasteiger partial charge in [0.25, 0.3) is 5.91 Å². The van der Waals surface area contributed by atoms with E-state index in [1.807, 2.05) is 0 Å². The average molecular weight is 468 g/mol. The van der Waals surface area contributed by atoms with Crippen LogP contribution in [0.1, 0.15) is 29.5 Å². The van der Waals surface area contributed by atoms with Gasteiger partial charge < -0.3 is 31.1 Å². The van der Waals surface area contributed by atoms with Gasteiger partial charge in [0.15, 0.2) is 11.4 Å². The topological polar surface area (TPSA) is 178 Å². The Bertz CT molecular complexity index is 1260. The molecule has 4 rings (SSSR count). The molecular formula is C24H24N2O8. The van der Waals surface area contributed by atoms with Crippen LogP contribution < -0.4 is 5.73 Å². The maximum absolute atomic E-state index is 13.4. The Hall–Kier alpha value is -3.92. The van der Waals surface area contributed by atoms with Crippen LogP contribution in [0, 0.1) is 11.8 Å². The quantitative estimate of drug-likeness (QED) is 0.315. The van der Waals surface area contributed by atoms with E-state index in [1.165, 1.54) is 23.1 Å². The Morgan fingerprint density at radius 2 is 1.82 bits per heavy atom. The van der Waals surface area contributed by atoms with Crippen molar-refractivity contribution in [1.82, 2.24) is 4.90 Å². The SMILES string of the molecule is CN(C)C(=O)/C=C/c1ccc(O)c2c1C[C@H]1C[C@H]3CC(=O)C(C(N)=O)=C(O)[C@@]3(O)C(=O)C1=C2O. The van der Waals surface area contributed by atoms with E-state index in [1.54, 1.807) is 20.2 Å². The highest BCUT2D eigenvalue weighted by Gasteiger charge is 2.60. The normalized spacial score (nSPS) is 26.3. The molecular weight excluding hydrogens is 444 g/mol. The number of primary amides is 1. The molecule has 0 radical (unpaired) electrons. The number of carbonyl (C=O) groups is 4. The number of hydrogen-bond acceptors (Lipinski definition) is 8. The Labute approximate surface area is 194 Å². The number of aromatic hydroxyl groups is 1. The molecule has 0 unspecified atom stereocenters. The van der Waals surface area contributed by atoms with Crippen LogP contribution >= 0.6 is 0 Å². The minimum atomic E-state index is -2.60. The summed E-state index contributed by atoms with van der Waals surface area (Å²) in [6, 6.07) is 2.88. The largest absolute Gasteiger partial charge is 0.508 e. The third-order valence-corrected chi connectivity index (χ3v) is 6.83. The molecule has 3 aliphatic rings. The van der Waals surface area contributed by atoms with Gasteiger partial charge >= 0.3 is 0 Å². The predicted molar refractivity (Wildman–Crippen MR) is 119 cm³/mol. The number of carbonyl (C=O) groups excluding carboxylic acids is 4. The van der Waals surface area contributed by atoms with E-state index >= 15 is 0 Å². The minimum absolute atomic E-state index is 0.0217. The summed E-state index contributed by atoms with van der Waals surface area (Å²) in [5, 5.41) is 43.3. The van der Waals surface area contributed by atoms with Crippen molar-refractivity contribution in [2.75, 3.05) is 14.1 Å². The van der Waals surface area contributed by atoms with E-state index in [2.05, 4.69) is 0 Å². The van der Waals surface area contributed by atoms with Crippen LogP contribution in [0.3, 0.4) is 0 Å². The fourth-order valence-electron chi connectivity index (χ4n) is 5.11. The lowest BCUT2D eigenvalue weighted by atomic mass is 9.59. The lowest BCUT2D eigenvalue weighted by molar-refractivity contribution is -0.147. The Morgan fingerprint density at radius 1 is 1.15 bits per heavy atom. The number of fused-ring (bicyclic) bond motifs is 3. The van der Waals surface area contributed by atoms with Crippen LogP contribution in [0.5, 0.6) is 5.75 Å². The molecule has 0 bridgehead atoms. The summed E-state index contributed by atoms with van der Waals surface area (Å²) >= 11 is 0. The number of hydrogen-bond donors (Lipinski definition) is 5. The number of benzene rings is 1. The highest BCUT2D eigenvalue weighted by Crippen LogP contribution is 2.52. The molecule has 178 valence electrons. The lowest BCUT2D eigenvalue weighted by Gasteiger charge is -2.46. The zero-order valence-electron chi connectivity index (χ0n) is 18.5. The number of ketones is 2. The fraction of sp³-hybridized carbons (Fsp3) is 0.333. The third-order valence-electron chi connectivity index (χ3n) is 6.83. The molecule has 3 atom stereocenters. The maximum Gasteiger partial charge on any atom is 0.255 e. The van der Waals surface area contributed by atoms with E-state index in [-0.39, 0.29) is 42.1 Å². The van der Waals surface area contributed by atoms with Gasteiger partial charge in [0.2, 0.25) is 11.7 Å². The van der Waals surface area contributed by atoms with Gasteiger partial charge in [-0.3, -0.25) is 19.2 Å². The molecule has 0 saturated heterocycles. The van der Waals surface area contributed by atoms with Gasteiger partial charge in [-0.15, -0.1) is 0 Å². The summed E-state index contributed by atoms with van der Waals surface area (Å²) in [7, 11) is 3.18. The number of phenolic OH excluding ortho intramolecular Hbond substituents is 1. The fourth-order valence-corrected chi connectivity index (χ4v) is 5.11. The van der Waals surface area contributed by atoms with E-state index < -0.39 is 52.0 Å². The van der Waals surface area contributed by atoms with E-state index in [0.29, 0.717) is 11.1 Å². The smallest absolute Gasteiger partial charge is 0.255 e. The van der Waals surface area contributed by atoms with Crippen LogP contribution in [-0.4, -0.2) is 68.4 Å². The zero-order valence-corrected chi connectivity index (χ0v) is 18.5. The van der Waals surface area contributed by atoms with Crippen LogP contribution in [0.2, 0.25) is 0 Å². The molecule has 6 N–H and O–H groups in total. The molecule has 1 saturated carbocycles. The number of Topliss-reactive ketones (excluding diaryl/α,β-unsaturated/α-hetero) is 2. The molecule has 2 amide bonds. The van der Waals surface area contributed by atoms with Gasteiger partial charge in [0.05, 0.1) is 5.56 Å². The van der Waals surface area contributed by atoms with Gasteiger partial charge in [0, 0.05) is 38.1 Å². The van der Waals surface area contributed by atoms with Crippen molar-refractivity contribution in [3.63, 3.8) is 0 Å². The summed E-state index contributed by atoms with van der Waals surface area (Å²) in [4.78, 5) is 50.9. The molecule has 3 aliphatic carbocycles. The van der Waals surface area contributed by atoms with Gasteiger partial charge in [-0.1, -0.05) is 6.07 Å². The molecule has 0 aliphatic heterocycles. The number of nitrogens with zero attached hydrogens (tertiary/aromatic N) is 1. The monoisotopic (exact) mass is 468 g/mol. The second kappa shape index (κ2) is 7.84. The second-order valence-electron chi connectivity index (χ2n) is 9.00. The maximum atomic E-state index is 13.4. The highest BCUT2D eigenvalue weighted by atomic mass is 16.3. The van der Waals surface area contributed by atoms with Crippen molar-refractivity contribution in [1.29, 1.82) is 0 Å². The highest BCUT2D eigenvalue weighted by molar-refractivity contribution is 6.22. The molecule has 10 nitrogen and oxygen atoms in total. The standard InChI is InChI=1S/C24H24N2O8/c1-26(2)16(29)6-4-10-3-5-14(27)18-13(10)8-11-7-12-9-15(28)19(23(25)33)22(32)24(12,34)21(31)17(11)20(18)30/h3-6,11-12,27,30,32,34H,7-9H2,1-2H3,(H2,25,33)/b6-4+/t11-,12+,24+/m1/s1. The van der Waals surface area contributed by atoms with Gasteiger partial charge in [-0.05, 0) is 42.0 Å². The third kappa shape index (κ3) is 3.21. The predicted octanol–water partition coefficient (Wildman–Crippen LogP) is 0.525. The Morgan fingerprint density at radius 3 is 2.44 bits per heavy atom. The van der Waals surface area contributed by atoms with E-state index in [4.69, 9.17) is 5.73 Å². The van der Waals surface area contributed by atoms with Crippen molar-refractivity contribution in [3.8, 4) is 5.75 Å². The molecule has 0 spiro atoms. The van der Waals surface area contributed by atoms with Crippen molar-refractivity contribution in [2.45, 2.75) is 24.9 Å². The lowest BCUT2D eigenvalue weighted by Crippen LogP contribution is -2.58. The summed E-state index contributed by atoms with van der Waals surface area (Å²) in [5.41, 5.74) is 2.55. The summed E-state index contributed by atoms with van der Waals surface area (Å²) in [6.45, 7) is 0. The molecule has 1 aromatic carbocycles. The molecule has 10 heteroatoms. The number of nitrogens with two attached hydrogens (primary N) is 1. The zero-order chi connectivity index (χ0) is 25.1. The molecule has 1 aromatic rings. The number of likely N-dealkylation sites (N-methyl/N-ethyl adjacent to an activating group) is 1. The second-order valence-corrected chi connectivity index (χ2v) is 9.00. The summed E-state index contributed by atoms with van der Waals surface area (Å²) in [5.74, 6) is -7.04. The Balaban J connectivity index is 1.87. The number of phenols is 1. The van der Waals surface area contributed by atoms with Crippen molar-refractivity contribution < 1.29 is 39.6 Å². The molecule has 0 heterocycles. The number of aliphatic hydroxyl groups excluding tert-OH is 2. The van der Waals surface area contributed by atoms with Gasteiger partial charge in [0.1, 0.15) is 22.8 Å².